The van der Waals surface area contributed by atoms with Crippen molar-refractivity contribution in [3.8, 4) is 0 Å². The van der Waals surface area contributed by atoms with Gasteiger partial charge in [0.1, 0.15) is 0 Å². The van der Waals surface area contributed by atoms with Crippen molar-refractivity contribution in [3.63, 3.8) is 0 Å². The van der Waals surface area contributed by atoms with Gasteiger partial charge in [-0.2, -0.15) is 0 Å². The van der Waals surface area contributed by atoms with Gasteiger partial charge >= 0.3 is 5.97 Å². The second kappa shape index (κ2) is 8.52. The Balaban J connectivity index is 1.86. The molecule has 2 rings (SSSR count). The first-order valence-corrected chi connectivity index (χ1v) is 7.86. The summed E-state index contributed by atoms with van der Waals surface area (Å²) in [7, 11) is 0. The number of ether oxygens (including phenoxy) is 1. The summed E-state index contributed by atoms with van der Waals surface area (Å²) in [5.74, 6) is -1.11. The molecule has 0 spiro atoms. The monoisotopic (exact) mass is 363 g/mol. The zero-order valence-corrected chi connectivity index (χ0v) is 14.4. The minimum Gasteiger partial charge on any atom is -0.452 e. The highest BCUT2D eigenvalue weighted by Gasteiger charge is 2.08. The van der Waals surface area contributed by atoms with Crippen LogP contribution < -0.4 is 5.32 Å². The van der Waals surface area contributed by atoms with Gasteiger partial charge in [-0.15, -0.1) is 0 Å². The maximum absolute atomic E-state index is 11.8. The summed E-state index contributed by atoms with van der Waals surface area (Å²) in [5.41, 5.74) is 2.31. The molecule has 0 radical (unpaired) electrons. The van der Waals surface area contributed by atoms with Crippen LogP contribution in [0, 0.1) is 6.92 Å². The van der Waals surface area contributed by atoms with E-state index in [1.807, 2.05) is 31.2 Å². The number of amides is 1. The first kappa shape index (κ1) is 18.0. The summed E-state index contributed by atoms with van der Waals surface area (Å²) >= 11 is 11.8. The lowest BCUT2D eigenvalue weighted by molar-refractivity contribution is -0.142. The Kier molecular flexibility index (Phi) is 6.41. The predicted molar refractivity (Wildman–Crippen MR) is 96.3 cm³/mol. The Hall–Kier alpha value is -2.30. The number of carbonyl (C=O) groups excluding carboxylic acids is 2. The van der Waals surface area contributed by atoms with E-state index in [9.17, 15) is 9.59 Å². The Morgan fingerprint density at radius 2 is 1.92 bits per heavy atom. The average Bonchev–Trinajstić information content (AvgIpc) is 2.55. The van der Waals surface area contributed by atoms with Crippen molar-refractivity contribution < 1.29 is 14.3 Å². The Morgan fingerprint density at radius 1 is 1.17 bits per heavy atom. The van der Waals surface area contributed by atoms with Gasteiger partial charge in [-0.25, -0.2) is 4.79 Å². The Bertz CT molecular complexity index is 788. The summed E-state index contributed by atoms with van der Waals surface area (Å²) in [6, 6.07) is 12.3. The number of halogens is 2. The second-order valence-corrected chi connectivity index (χ2v) is 5.81. The lowest BCUT2D eigenvalue weighted by Gasteiger charge is -2.07. The van der Waals surface area contributed by atoms with Crippen molar-refractivity contribution in [3.05, 3.63) is 69.7 Å². The minimum absolute atomic E-state index is 0.346. The van der Waals surface area contributed by atoms with Crippen LogP contribution in [0.5, 0.6) is 0 Å². The van der Waals surface area contributed by atoms with Gasteiger partial charge in [0.2, 0.25) is 0 Å². The first-order chi connectivity index (χ1) is 11.5. The molecule has 6 heteroatoms. The fraction of sp³-hybridized carbons (Fsp3) is 0.111. The van der Waals surface area contributed by atoms with Gasteiger partial charge in [-0.1, -0.05) is 47.5 Å². The van der Waals surface area contributed by atoms with Crippen LogP contribution in [0.3, 0.4) is 0 Å². The summed E-state index contributed by atoms with van der Waals surface area (Å²) < 4.78 is 4.89. The quantitative estimate of drug-likeness (QED) is 0.628. The molecule has 0 aliphatic rings. The van der Waals surface area contributed by atoms with Crippen LogP contribution in [-0.4, -0.2) is 18.5 Å². The van der Waals surface area contributed by atoms with Gasteiger partial charge in [0.25, 0.3) is 5.91 Å². The topological polar surface area (TPSA) is 55.4 Å². The van der Waals surface area contributed by atoms with E-state index in [0.29, 0.717) is 15.7 Å². The third-order valence-electron chi connectivity index (χ3n) is 3.14. The molecule has 2 aromatic carbocycles. The summed E-state index contributed by atoms with van der Waals surface area (Å²) in [5, 5.41) is 3.32. The average molecular weight is 364 g/mol. The third kappa shape index (κ3) is 5.41. The number of benzene rings is 2. The number of carbonyl (C=O) groups is 2. The van der Waals surface area contributed by atoms with Crippen LogP contribution in [0.2, 0.25) is 10.0 Å². The standard InChI is InChI=1S/C18H15Cl2NO3/c1-12-4-2-3-5-13(12)6-9-18(23)24-11-17(22)21-16-10-14(19)7-8-15(16)20/h2-10H,11H2,1H3,(H,21,22)/b9-6+. The zero-order chi connectivity index (χ0) is 17.5. The molecule has 0 unspecified atom stereocenters. The van der Waals surface area contributed by atoms with Gasteiger partial charge < -0.3 is 10.1 Å². The molecule has 0 fully saturated rings. The third-order valence-corrected chi connectivity index (χ3v) is 3.70. The van der Waals surface area contributed by atoms with Gasteiger partial charge in [0.15, 0.2) is 6.61 Å². The van der Waals surface area contributed by atoms with Crippen LogP contribution in [0.25, 0.3) is 6.08 Å². The van der Waals surface area contributed by atoms with E-state index in [0.717, 1.165) is 11.1 Å². The van der Waals surface area contributed by atoms with Crippen LogP contribution in [0.1, 0.15) is 11.1 Å². The van der Waals surface area contributed by atoms with Crippen molar-refractivity contribution in [1.29, 1.82) is 0 Å². The van der Waals surface area contributed by atoms with Crippen molar-refractivity contribution in [2.45, 2.75) is 6.92 Å². The maximum atomic E-state index is 11.8. The molecular formula is C18H15Cl2NO3. The molecule has 0 saturated carbocycles. The van der Waals surface area contributed by atoms with Gasteiger partial charge in [0, 0.05) is 11.1 Å². The molecule has 1 amide bonds. The molecule has 124 valence electrons. The predicted octanol–water partition coefficient (Wildman–Crippen LogP) is 4.50. The molecular weight excluding hydrogens is 349 g/mol. The first-order valence-electron chi connectivity index (χ1n) is 7.11. The summed E-state index contributed by atoms with van der Waals surface area (Å²) in [6.07, 6.45) is 2.92. The molecule has 0 bridgehead atoms. The van der Waals surface area contributed by atoms with E-state index in [4.69, 9.17) is 27.9 Å². The van der Waals surface area contributed by atoms with Gasteiger partial charge in [-0.05, 0) is 42.3 Å². The molecule has 4 nitrogen and oxygen atoms in total. The number of anilines is 1. The summed E-state index contributed by atoms with van der Waals surface area (Å²) in [4.78, 5) is 23.5. The number of aryl methyl sites for hydroxylation is 1. The van der Waals surface area contributed by atoms with E-state index in [-0.39, 0.29) is 0 Å². The number of nitrogens with one attached hydrogen (secondary N) is 1. The van der Waals surface area contributed by atoms with E-state index in [2.05, 4.69) is 5.32 Å². The Morgan fingerprint density at radius 3 is 2.67 bits per heavy atom. The van der Waals surface area contributed by atoms with Crippen LogP contribution >= 0.6 is 23.2 Å². The Labute approximate surface area is 150 Å². The van der Waals surface area contributed by atoms with Crippen molar-refractivity contribution in [1.82, 2.24) is 0 Å². The molecule has 0 aliphatic carbocycles. The highest BCUT2D eigenvalue weighted by molar-refractivity contribution is 6.35. The minimum atomic E-state index is -0.606. The summed E-state index contributed by atoms with van der Waals surface area (Å²) in [6.45, 7) is 1.52. The van der Waals surface area contributed by atoms with E-state index in [1.165, 1.54) is 12.1 Å². The smallest absolute Gasteiger partial charge is 0.331 e. The lowest BCUT2D eigenvalue weighted by Crippen LogP contribution is -2.20. The van der Waals surface area contributed by atoms with Crippen LogP contribution in [0.15, 0.2) is 48.5 Å². The van der Waals surface area contributed by atoms with E-state index in [1.54, 1.807) is 18.2 Å². The largest absolute Gasteiger partial charge is 0.452 e. The van der Waals surface area contributed by atoms with E-state index < -0.39 is 18.5 Å². The number of hydrogen-bond donors (Lipinski definition) is 1. The molecule has 0 aromatic heterocycles. The normalized spacial score (nSPS) is 10.6. The SMILES string of the molecule is Cc1ccccc1/C=C/C(=O)OCC(=O)Nc1cc(Cl)ccc1Cl. The highest BCUT2D eigenvalue weighted by Crippen LogP contribution is 2.25. The number of rotatable bonds is 5. The van der Waals surface area contributed by atoms with Crippen molar-refractivity contribution >= 4 is 46.8 Å². The van der Waals surface area contributed by atoms with Crippen LogP contribution in [-0.2, 0) is 14.3 Å². The molecule has 1 N–H and O–H groups in total. The number of esters is 1. The highest BCUT2D eigenvalue weighted by atomic mass is 35.5. The second-order valence-electron chi connectivity index (χ2n) is 4.97. The maximum Gasteiger partial charge on any atom is 0.331 e. The molecule has 0 saturated heterocycles. The fourth-order valence-corrected chi connectivity index (χ4v) is 2.23. The molecule has 0 atom stereocenters. The fourth-order valence-electron chi connectivity index (χ4n) is 1.90. The molecule has 0 aliphatic heterocycles. The van der Waals surface area contributed by atoms with Crippen molar-refractivity contribution in [2.24, 2.45) is 0 Å². The number of hydrogen-bond acceptors (Lipinski definition) is 3. The van der Waals surface area contributed by atoms with Crippen LogP contribution in [0.4, 0.5) is 5.69 Å². The van der Waals surface area contributed by atoms with E-state index >= 15 is 0 Å². The lowest BCUT2D eigenvalue weighted by atomic mass is 10.1. The molecule has 24 heavy (non-hydrogen) atoms. The van der Waals surface area contributed by atoms with Gasteiger partial charge in [0.05, 0.1) is 10.7 Å². The van der Waals surface area contributed by atoms with Gasteiger partial charge in [-0.3, -0.25) is 4.79 Å². The molecule has 2 aromatic rings. The van der Waals surface area contributed by atoms with Crippen molar-refractivity contribution in [2.75, 3.05) is 11.9 Å². The molecule has 0 heterocycles. The zero-order valence-electron chi connectivity index (χ0n) is 12.9.